The molecule has 1 amide bonds. The molecule has 0 unspecified atom stereocenters. The molecule has 3 heterocycles. The van der Waals surface area contributed by atoms with Crippen LogP contribution in [0.3, 0.4) is 0 Å². The second-order valence-corrected chi connectivity index (χ2v) is 8.34. The quantitative estimate of drug-likeness (QED) is 0.354. The Morgan fingerprint density at radius 1 is 0.971 bits per heavy atom. The first-order chi connectivity index (χ1) is 16.7. The number of aromatic nitrogens is 5. The van der Waals surface area contributed by atoms with E-state index in [0.29, 0.717) is 24.3 Å². The summed E-state index contributed by atoms with van der Waals surface area (Å²) in [7, 11) is 0. The number of carbonyl (C=O) groups is 1. The largest absolute Gasteiger partial charge is 0.352 e. The van der Waals surface area contributed by atoms with Crippen molar-refractivity contribution in [3.05, 3.63) is 102 Å². The lowest BCUT2D eigenvalue weighted by molar-refractivity contribution is 0.0954. The second-order valence-electron chi connectivity index (χ2n) is 8.34. The van der Waals surface area contributed by atoms with Gasteiger partial charge in [0.15, 0.2) is 5.65 Å². The zero-order valence-electron chi connectivity index (χ0n) is 19.1. The van der Waals surface area contributed by atoms with Crippen molar-refractivity contribution in [3.8, 4) is 11.3 Å². The summed E-state index contributed by atoms with van der Waals surface area (Å²) < 4.78 is 3.75. The fourth-order valence-corrected chi connectivity index (χ4v) is 3.99. The normalized spacial score (nSPS) is 11.1. The third kappa shape index (κ3) is 4.73. The van der Waals surface area contributed by atoms with Crippen LogP contribution in [0.4, 0.5) is 0 Å². The molecule has 170 valence electrons. The van der Waals surface area contributed by atoms with E-state index in [9.17, 15) is 4.79 Å². The molecule has 3 aromatic heterocycles. The van der Waals surface area contributed by atoms with Gasteiger partial charge in [-0.05, 0) is 30.5 Å². The number of rotatable bonds is 8. The maximum Gasteiger partial charge on any atom is 0.252 e. The minimum atomic E-state index is -0.125. The molecule has 7 heteroatoms. The van der Waals surface area contributed by atoms with Crippen molar-refractivity contribution in [2.45, 2.75) is 26.4 Å². The number of hydrogen-bond acceptors (Lipinski definition) is 4. The summed E-state index contributed by atoms with van der Waals surface area (Å²) in [5.41, 5.74) is 5.24. The molecule has 0 bridgehead atoms. The monoisotopic (exact) mass is 450 g/mol. The zero-order chi connectivity index (χ0) is 23.3. The molecule has 0 atom stereocenters. The highest BCUT2D eigenvalue weighted by molar-refractivity contribution is 6.06. The standard InChI is InChI=1S/C27H26N6O/c1-20-16-29-32(18-20)14-8-13-28-27(34)23-15-25(22-11-6-3-7-12-22)31-26-24(23)17-30-33(26)19-21-9-4-2-5-10-21/h2-7,9-12,15-18H,8,13-14,19H2,1H3,(H,28,34). The fourth-order valence-electron chi connectivity index (χ4n) is 3.99. The third-order valence-corrected chi connectivity index (χ3v) is 5.71. The van der Waals surface area contributed by atoms with Crippen molar-refractivity contribution in [2.24, 2.45) is 0 Å². The molecular weight excluding hydrogens is 424 g/mol. The maximum absolute atomic E-state index is 13.2. The number of aryl methyl sites for hydroxylation is 2. The van der Waals surface area contributed by atoms with Crippen LogP contribution in [0.5, 0.6) is 0 Å². The first kappa shape index (κ1) is 21.6. The number of hydrogen-bond donors (Lipinski definition) is 1. The van der Waals surface area contributed by atoms with Crippen LogP contribution in [0.25, 0.3) is 22.3 Å². The molecule has 5 rings (SSSR count). The van der Waals surface area contributed by atoms with Crippen LogP contribution >= 0.6 is 0 Å². The highest BCUT2D eigenvalue weighted by atomic mass is 16.1. The van der Waals surface area contributed by atoms with Crippen LogP contribution in [0.15, 0.2) is 85.3 Å². The molecule has 1 N–H and O–H groups in total. The molecular formula is C27H26N6O. The Kier molecular flexibility index (Phi) is 6.16. The lowest BCUT2D eigenvalue weighted by atomic mass is 10.1. The maximum atomic E-state index is 13.2. The van der Waals surface area contributed by atoms with Gasteiger partial charge in [0, 0.05) is 24.8 Å². The van der Waals surface area contributed by atoms with Gasteiger partial charge < -0.3 is 5.32 Å². The molecule has 0 aliphatic carbocycles. The average molecular weight is 451 g/mol. The van der Waals surface area contributed by atoms with Gasteiger partial charge >= 0.3 is 0 Å². The van der Waals surface area contributed by atoms with Crippen molar-refractivity contribution < 1.29 is 4.79 Å². The third-order valence-electron chi connectivity index (χ3n) is 5.71. The lowest BCUT2D eigenvalue weighted by Gasteiger charge is -2.10. The number of amides is 1. The summed E-state index contributed by atoms with van der Waals surface area (Å²) in [6, 6.07) is 21.9. The Morgan fingerprint density at radius 3 is 2.47 bits per heavy atom. The van der Waals surface area contributed by atoms with Gasteiger partial charge in [-0.15, -0.1) is 0 Å². The first-order valence-electron chi connectivity index (χ1n) is 11.4. The number of carbonyl (C=O) groups excluding carboxylic acids is 1. The van der Waals surface area contributed by atoms with Crippen LogP contribution in [0, 0.1) is 6.92 Å². The predicted molar refractivity (Wildman–Crippen MR) is 132 cm³/mol. The molecule has 0 aliphatic rings. The lowest BCUT2D eigenvalue weighted by Crippen LogP contribution is -2.25. The van der Waals surface area contributed by atoms with Crippen LogP contribution in [0.2, 0.25) is 0 Å². The molecule has 0 aliphatic heterocycles. The van der Waals surface area contributed by atoms with Crippen molar-refractivity contribution in [3.63, 3.8) is 0 Å². The van der Waals surface area contributed by atoms with Gasteiger partial charge in [-0.25, -0.2) is 9.67 Å². The van der Waals surface area contributed by atoms with Crippen molar-refractivity contribution >= 4 is 16.9 Å². The van der Waals surface area contributed by atoms with Gasteiger partial charge in [-0.2, -0.15) is 10.2 Å². The Labute approximate surface area is 198 Å². The average Bonchev–Trinajstić information content (AvgIpc) is 3.48. The van der Waals surface area contributed by atoms with E-state index < -0.39 is 0 Å². The van der Waals surface area contributed by atoms with Gasteiger partial charge in [0.05, 0.1) is 35.6 Å². The van der Waals surface area contributed by atoms with Crippen molar-refractivity contribution in [2.75, 3.05) is 6.54 Å². The van der Waals surface area contributed by atoms with E-state index >= 15 is 0 Å². The van der Waals surface area contributed by atoms with Crippen molar-refractivity contribution in [1.82, 2.24) is 29.9 Å². The summed E-state index contributed by atoms with van der Waals surface area (Å²) in [4.78, 5) is 18.1. The number of fused-ring (bicyclic) bond motifs is 1. The second kappa shape index (κ2) is 9.70. The van der Waals surface area contributed by atoms with Crippen LogP contribution < -0.4 is 5.32 Å². The van der Waals surface area contributed by atoms with Gasteiger partial charge in [0.25, 0.3) is 5.91 Å². The minimum Gasteiger partial charge on any atom is -0.352 e. The Balaban J connectivity index is 1.42. The molecule has 0 saturated carbocycles. The van der Waals surface area contributed by atoms with E-state index in [-0.39, 0.29) is 5.91 Å². The van der Waals surface area contributed by atoms with E-state index in [0.717, 1.165) is 40.7 Å². The topological polar surface area (TPSA) is 77.6 Å². The zero-order valence-corrected chi connectivity index (χ0v) is 19.1. The Bertz CT molecular complexity index is 1410. The highest BCUT2D eigenvalue weighted by Gasteiger charge is 2.17. The molecule has 0 spiro atoms. The fraction of sp³-hybridized carbons (Fsp3) is 0.185. The first-order valence-corrected chi connectivity index (χ1v) is 11.4. The van der Waals surface area contributed by atoms with E-state index in [1.54, 1.807) is 6.20 Å². The van der Waals surface area contributed by atoms with Gasteiger partial charge in [-0.1, -0.05) is 60.7 Å². The van der Waals surface area contributed by atoms with Gasteiger partial charge in [0.1, 0.15) is 0 Å². The van der Waals surface area contributed by atoms with Crippen molar-refractivity contribution in [1.29, 1.82) is 0 Å². The SMILES string of the molecule is Cc1cnn(CCCNC(=O)c2cc(-c3ccccc3)nc3c2cnn3Cc2ccccc2)c1. The van der Waals surface area contributed by atoms with Crippen LogP contribution in [-0.2, 0) is 13.1 Å². The number of benzene rings is 2. The molecule has 0 radical (unpaired) electrons. The minimum absolute atomic E-state index is 0.125. The highest BCUT2D eigenvalue weighted by Crippen LogP contribution is 2.25. The predicted octanol–water partition coefficient (Wildman–Crippen LogP) is 4.47. The molecule has 34 heavy (non-hydrogen) atoms. The molecule has 0 fully saturated rings. The molecule has 2 aromatic carbocycles. The molecule has 0 saturated heterocycles. The summed E-state index contributed by atoms with van der Waals surface area (Å²) in [6.07, 6.45) is 6.37. The summed E-state index contributed by atoms with van der Waals surface area (Å²) >= 11 is 0. The Morgan fingerprint density at radius 2 is 1.74 bits per heavy atom. The van der Waals surface area contributed by atoms with Gasteiger partial charge in [-0.3, -0.25) is 9.48 Å². The molecule has 5 aromatic rings. The number of nitrogens with one attached hydrogen (secondary N) is 1. The Hall–Kier alpha value is -4.26. The van der Waals surface area contributed by atoms with E-state index in [1.807, 2.05) is 83.3 Å². The number of pyridine rings is 1. The van der Waals surface area contributed by atoms with E-state index in [1.165, 1.54) is 0 Å². The van der Waals surface area contributed by atoms with E-state index in [2.05, 4.69) is 27.6 Å². The summed E-state index contributed by atoms with van der Waals surface area (Å²) in [5, 5.41) is 12.7. The van der Waals surface area contributed by atoms with Gasteiger partial charge in [0.2, 0.25) is 0 Å². The number of nitrogens with zero attached hydrogens (tertiary/aromatic N) is 5. The van der Waals surface area contributed by atoms with E-state index in [4.69, 9.17) is 4.98 Å². The summed E-state index contributed by atoms with van der Waals surface area (Å²) in [6.45, 7) is 3.91. The summed E-state index contributed by atoms with van der Waals surface area (Å²) in [5.74, 6) is -0.125. The van der Waals surface area contributed by atoms with Crippen LogP contribution in [-0.4, -0.2) is 37.0 Å². The smallest absolute Gasteiger partial charge is 0.252 e. The molecule has 7 nitrogen and oxygen atoms in total. The van der Waals surface area contributed by atoms with Crippen LogP contribution in [0.1, 0.15) is 27.9 Å².